The number of unbranched alkanes of at least 4 members (excludes halogenated alkanes) is 6. The van der Waals surface area contributed by atoms with Crippen LogP contribution < -0.4 is 5.32 Å². The number of carbonyl (C=O) groups is 1. The Morgan fingerprint density at radius 1 is 0.844 bits per heavy atom. The lowest BCUT2D eigenvalue weighted by Gasteiger charge is -2.27. The van der Waals surface area contributed by atoms with Crippen LogP contribution in [-0.2, 0) is 22.7 Å². The normalized spacial score (nSPS) is 12.8. The topological polar surface area (TPSA) is 67.8 Å². The molecular weight excluding hydrogens is 402 g/mol. The van der Waals surface area contributed by atoms with Gasteiger partial charge in [-0.3, -0.25) is 0 Å². The smallest absolute Gasteiger partial charge is 0.407 e. The van der Waals surface area contributed by atoms with E-state index in [-0.39, 0.29) is 19.3 Å². The number of amides is 1. The number of carbonyl (C=O) groups excluding carboxylic acids is 1. The van der Waals surface area contributed by atoms with Gasteiger partial charge in [-0.2, -0.15) is 0 Å². The molecule has 0 radical (unpaired) electrons. The first-order valence-electron chi connectivity index (χ1n) is 12.0. The van der Waals surface area contributed by atoms with Crippen LogP contribution in [0.15, 0.2) is 60.7 Å². The quantitative estimate of drug-likeness (QED) is 0.314. The van der Waals surface area contributed by atoms with Gasteiger partial charge in [0.05, 0.1) is 25.4 Å². The summed E-state index contributed by atoms with van der Waals surface area (Å²) >= 11 is 0. The van der Waals surface area contributed by atoms with Crippen LogP contribution in [0, 0.1) is 0 Å². The van der Waals surface area contributed by atoms with Gasteiger partial charge in [-0.1, -0.05) is 113 Å². The average molecular weight is 442 g/mol. The fourth-order valence-corrected chi connectivity index (χ4v) is 3.65. The molecule has 2 atom stereocenters. The van der Waals surface area contributed by atoms with Crippen LogP contribution >= 0.6 is 0 Å². The average Bonchev–Trinajstić information content (AvgIpc) is 2.84. The molecule has 0 aliphatic rings. The maximum absolute atomic E-state index is 12.3. The summed E-state index contributed by atoms with van der Waals surface area (Å²) in [5.74, 6) is 0. The zero-order chi connectivity index (χ0) is 22.9. The summed E-state index contributed by atoms with van der Waals surface area (Å²) in [5, 5.41) is 12.8. The zero-order valence-corrected chi connectivity index (χ0v) is 19.4. The molecule has 2 aromatic rings. The molecule has 0 aliphatic heterocycles. The molecule has 5 nitrogen and oxygen atoms in total. The van der Waals surface area contributed by atoms with Crippen molar-refractivity contribution in [3.8, 4) is 0 Å². The van der Waals surface area contributed by atoms with Gasteiger partial charge in [0.25, 0.3) is 0 Å². The van der Waals surface area contributed by atoms with Crippen molar-refractivity contribution < 1.29 is 19.4 Å². The van der Waals surface area contributed by atoms with E-state index in [1.165, 1.54) is 32.1 Å². The molecular formula is C27H39NO4. The molecule has 0 saturated heterocycles. The molecule has 0 aliphatic carbocycles. The number of alkyl carbamates (subject to hydrolysis) is 1. The molecule has 2 rings (SSSR count). The molecule has 0 heterocycles. The molecule has 1 amide bonds. The van der Waals surface area contributed by atoms with Gasteiger partial charge in [0.15, 0.2) is 0 Å². The second kappa shape index (κ2) is 16.3. The van der Waals surface area contributed by atoms with Crippen LogP contribution in [0.1, 0.15) is 69.4 Å². The van der Waals surface area contributed by atoms with Crippen LogP contribution in [0.3, 0.4) is 0 Å². The van der Waals surface area contributed by atoms with Gasteiger partial charge < -0.3 is 19.9 Å². The Morgan fingerprint density at radius 2 is 1.41 bits per heavy atom. The molecule has 0 saturated carbocycles. The van der Waals surface area contributed by atoms with Crippen LogP contribution in [0.2, 0.25) is 0 Å². The van der Waals surface area contributed by atoms with Crippen molar-refractivity contribution in [2.45, 2.75) is 83.6 Å². The number of aliphatic hydroxyl groups excluding tert-OH is 1. The molecule has 32 heavy (non-hydrogen) atoms. The maximum atomic E-state index is 12.3. The van der Waals surface area contributed by atoms with Crippen LogP contribution in [-0.4, -0.2) is 30.0 Å². The predicted octanol–water partition coefficient (Wildman–Crippen LogP) is 6.00. The number of hydrogen-bond donors (Lipinski definition) is 2. The second-order valence-corrected chi connectivity index (χ2v) is 8.24. The standard InChI is InChI=1S/C27H39NO4/c1-2-3-4-5-6-7-14-19-26(31-21-23-15-10-8-11-16-23)25(20-29)28-27(30)32-22-24-17-12-9-13-18-24/h8-13,15-18,25-26,29H,2-7,14,19-22H2,1H3,(H,28,30)/t25-,26+/m1/s1. The molecule has 176 valence electrons. The molecule has 2 aromatic carbocycles. The highest BCUT2D eigenvalue weighted by Gasteiger charge is 2.24. The Labute approximate surface area is 193 Å². The minimum atomic E-state index is -0.541. The Hall–Kier alpha value is -2.37. The fraction of sp³-hybridized carbons (Fsp3) is 0.519. The lowest BCUT2D eigenvalue weighted by atomic mass is 10.0. The van der Waals surface area contributed by atoms with E-state index in [0.717, 1.165) is 30.4 Å². The fourth-order valence-electron chi connectivity index (χ4n) is 3.65. The number of ether oxygens (including phenoxy) is 2. The Balaban J connectivity index is 1.85. The van der Waals surface area contributed by atoms with Crippen molar-refractivity contribution in [1.82, 2.24) is 5.32 Å². The minimum Gasteiger partial charge on any atom is -0.445 e. The number of rotatable bonds is 16. The van der Waals surface area contributed by atoms with Crippen molar-refractivity contribution in [2.75, 3.05) is 6.61 Å². The highest BCUT2D eigenvalue weighted by atomic mass is 16.5. The summed E-state index contributed by atoms with van der Waals surface area (Å²) < 4.78 is 11.5. The summed E-state index contributed by atoms with van der Waals surface area (Å²) in [5.41, 5.74) is 1.99. The van der Waals surface area contributed by atoms with E-state index in [1.54, 1.807) is 0 Å². The van der Waals surface area contributed by atoms with Gasteiger partial charge in [0, 0.05) is 0 Å². The third kappa shape index (κ3) is 10.8. The van der Waals surface area contributed by atoms with Gasteiger partial charge in [-0.15, -0.1) is 0 Å². The van der Waals surface area contributed by atoms with Gasteiger partial charge in [-0.25, -0.2) is 4.79 Å². The monoisotopic (exact) mass is 441 g/mol. The van der Waals surface area contributed by atoms with E-state index < -0.39 is 12.1 Å². The third-order valence-electron chi connectivity index (χ3n) is 5.56. The van der Waals surface area contributed by atoms with Crippen molar-refractivity contribution in [1.29, 1.82) is 0 Å². The molecule has 0 spiro atoms. The summed E-state index contributed by atoms with van der Waals surface area (Å²) in [7, 11) is 0. The van der Waals surface area contributed by atoms with E-state index >= 15 is 0 Å². The van der Waals surface area contributed by atoms with Crippen LogP contribution in [0.25, 0.3) is 0 Å². The van der Waals surface area contributed by atoms with E-state index in [1.807, 2.05) is 60.7 Å². The third-order valence-corrected chi connectivity index (χ3v) is 5.56. The predicted molar refractivity (Wildman–Crippen MR) is 128 cm³/mol. The number of hydrogen-bond acceptors (Lipinski definition) is 4. The maximum Gasteiger partial charge on any atom is 0.407 e. The SMILES string of the molecule is CCCCCCCCC[C@H](OCc1ccccc1)[C@@H](CO)NC(=O)OCc1ccccc1. The van der Waals surface area contributed by atoms with Crippen molar-refractivity contribution in [2.24, 2.45) is 0 Å². The molecule has 0 fully saturated rings. The minimum absolute atomic E-state index is 0.193. The van der Waals surface area contributed by atoms with Gasteiger partial charge in [-0.05, 0) is 17.5 Å². The Bertz CT molecular complexity index is 723. The first kappa shape index (κ1) is 25.9. The highest BCUT2D eigenvalue weighted by molar-refractivity contribution is 5.67. The van der Waals surface area contributed by atoms with Gasteiger partial charge in [0.1, 0.15) is 6.61 Å². The van der Waals surface area contributed by atoms with Crippen molar-refractivity contribution in [3.63, 3.8) is 0 Å². The molecule has 2 N–H and O–H groups in total. The van der Waals surface area contributed by atoms with Crippen LogP contribution in [0.4, 0.5) is 4.79 Å². The van der Waals surface area contributed by atoms with Crippen molar-refractivity contribution in [3.05, 3.63) is 71.8 Å². The Kier molecular flexibility index (Phi) is 13.2. The van der Waals surface area contributed by atoms with E-state index in [9.17, 15) is 9.90 Å². The highest BCUT2D eigenvalue weighted by Crippen LogP contribution is 2.16. The first-order valence-corrected chi connectivity index (χ1v) is 12.0. The lowest BCUT2D eigenvalue weighted by Crippen LogP contribution is -2.47. The van der Waals surface area contributed by atoms with E-state index in [2.05, 4.69) is 12.2 Å². The molecule has 5 heteroatoms. The summed E-state index contributed by atoms with van der Waals surface area (Å²) in [6.07, 6.45) is 8.40. The number of aliphatic hydroxyl groups is 1. The summed E-state index contributed by atoms with van der Waals surface area (Å²) in [4.78, 5) is 12.3. The summed E-state index contributed by atoms with van der Waals surface area (Å²) in [6.45, 7) is 2.66. The van der Waals surface area contributed by atoms with Crippen LogP contribution in [0.5, 0.6) is 0 Å². The van der Waals surface area contributed by atoms with E-state index in [4.69, 9.17) is 9.47 Å². The Morgan fingerprint density at radius 3 is 2.00 bits per heavy atom. The van der Waals surface area contributed by atoms with Gasteiger partial charge >= 0.3 is 6.09 Å². The molecule has 0 aromatic heterocycles. The molecule has 0 bridgehead atoms. The zero-order valence-electron chi connectivity index (χ0n) is 19.4. The first-order chi connectivity index (χ1) is 15.7. The van der Waals surface area contributed by atoms with Crippen molar-refractivity contribution >= 4 is 6.09 Å². The lowest BCUT2D eigenvalue weighted by molar-refractivity contribution is -0.00666. The largest absolute Gasteiger partial charge is 0.445 e. The number of benzene rings is 2. The number of nitrogens with one attached hydrogen (secondary N) is 1. The second-order valence-electron chi connectivity index (χ2n) is 8.24. The molecule has 0 unspecified atom stereocenters. The van der Waals surface area contributed by atoms with Gasteiger partial charge in [0.2, 0.25) is 0 Å². The summed E-state index contributed by atoms with van der Waals surface area (Å²) in [6, 6.07) is 19.0. The van der Waals surface area contributed by atoms with E-state index in [0.29, 0.717) is 6.61 Å².